The summed E-state index contributed by atoms with van der Waals surface area (Å²) in [6.45, 7) is 3.98. The van der Waals surface area contributed by atoms with Gasteiger partial charge in [-0.3, -0.25) is 0 Å². The van der Waals surface area contributed by atoms with Crippen LogP contribution in [-0.4, -0.2) is 16.1 Å². The molecule has 3 aromatic heterocycles. The predicted octanol–water partition coefficient (Wildman–Crippen LogP) is 8.65. The molecule has 1 saturated carbocycles. The molecule has 0 radical (unpaired) electrons. The number of alkyl halides is 3. The Morgan fingerprint density at radius 1 is 0.914 bits per heavy atom. The quantitative estimate of drug-likeness (QED) is 0.263. The Morgan fingerprint density at radius 3 is 2.57 bits per heavy atom. The topological polar surface area (TPSA) is 38.9 Å². The number of furan rings is 1. The third kappa shape index (κ3) is 3.95. The zero-order valence-corrected chi connectivity index (χ0v) is 19.6. The summed E-state index contributed by atoms with van der Waals surface area (Å²) >= 11 is 0. The Labute approximate surface area is 201 Å². The second kappa shape index (κ2) is 8.08. The van der Waals surface area contributed by atoms with Crippen molar-refractivity contribution >= 4 is 33.0 Å². The van der Waals surface area contributed by atoms with Crippen molar-refractivity contribution in [2.24, 2.45) is 5.92 Å². The molecule has 1 aliphatic carbocycles. The second-order valence-electron chi connectivity index (χ2n) is 9.82. The minimum Gasteiger partial charge on any atom is -0.437 e. The van der Waals surface area contributed by atoms with Crippen LogP contribution in [0, 0.1) is 19.8 Å². The van der Waals surface area contributed by atoms with Gasteiger partial charge in [0.05, 0.1) is 11.2 Å². The van der Waals surface area contributed by atoms with E-state index >= 15 is 0 Å². The maximum Gasteiger partial charge on any atom is 0.389 e. The highest BCUT2D eigenvalue weighted by molar-refractivity contribution is 6.09. The van der Waals surface area contributed by atoms with E-state index in [0.29, 0.717) is 12.1 Å². The van der Waals surface area contributed by atoms with Crippen molar-refractivity contribution in [2.75, 3.05) is 0 Å². The molecule has 35 heavy (non-hydrogen) atoms. The molecule has 2 aromatic carbocycles. The minimum absolute atomic E-state index is 0.0941. The summed E-state index contributed by atoms with van der Waals surface area (Å²) in [5, 5.41) is 2.90. The number of halogens is 3. The summed E-state index contributed by atoms with van der Waals surface area (Å²) in [6, 6.07) is 18.0. The van der Waals surface area contributed by atoms with E-state index < -0.39 is 12.6 Å². The van der Waals surface area contributed by atoms with Crippen LogP contribution in [0.5, 0.6) is 0 Å². The highest BCUT2D eigenvalue weighted by Gasteiger charge is 2.39. The fraction of sp³-hybridized carbons (Fsp3) is 0.310. The Morgan fingerprint density at radius 2 is 1.74 bits per heavy atom. The molecule has 2 atom stereocenters. The first-order valence-corrected chi connectivity index (χ1v) is 12.0. The molecule has 5 aromatic rings. The molecular formula is C29H25F3N2O. The number of hydrogen-bond donors (Lipinski definition) is 0. The van der Waals surface area contributed by atoms with Crippen LogP contribution in [0.4, 0.5) is 13.2 Å². The summed E-state index contributed by atoms with van der Waals surface area (Å²) < 4.78 is 45.7. The van der Waals surface area contributed by atoms with Crippen LogP contribution < -0.4 is 0 Å². The average molecular weight is 475 g/mol. The molecule has 6 heteroatoms. The summed E-state index contributed by atoms with van der Waals surface area (Å²) in [7, 11) is 0. The maximum atomic E-state index is 13.2. The van der Waals surface area contributed by atoms with Gasteiger partial charge in [0.15, 0.2) is 0 Å². The van der Waals surface area contributed by atoms with Gasteiger partial charge in [0, 0.05) is 33.8 Å². The van der Waals surface area contributed by atoms with Gasteiger partial charge in [-0.25, -0.2) is 9.97 Å². The van der Waals surface area contributed by atoms with E-state index in [1.807, 2.05) is 56.3 Å². The number of benzene rings is 2. The van der Waals surface area contributed by atoms with Crippen molar-refractivity contribution in [3.05, 3.63) is 71.4 Å². The summed E-state index contributed by atoms with van der Waals surface area (Å²) in [4.78, 5) is 9.50. The van der Waals surface area contributed by atoms with Crippen molar-refractivity contribution in [1.29, 1.82) is 0 Å². The largest absolute Gasteiger partial charge is 0.437 e. The fourth-order valence-electron chi connectivity index (χ4n) is 5.83. The van der Waals surface area contributed by atoms with Crippen molar-refractivity contribution in [3.63, 3.8) is 0 Å². The number of nitrogens with zero attached hydrogens (tertiary/aromatic N) is 2. The molecular weight excluding hydrogens is 449 g/mol. The SMILES string of the molecule is Cc1cc(-c2ccc3c(C4CCCC4CC(F)(F)F)cccc3n2)c2oc3nc(C)ccc3c2c1. The van der Waals surface area contributed by atoms with Gasteiger partial charge in [0.2, 0.25) is 5.71 Å². The van der Waals surface area contributed by atoms with Gasteiger partial charge in [-0.2, -0.15) is 13.2 Å². The lowest BCUT2D eigenvalue weighted by Gasteiger charge is -2.22. The predicted molar refractivity (Wildman–Crippen MR) is 132 cm³/mol. The zero-order valence-electron chi connectivity index (χ0n) is 19.6. The van der Waals surface area contributed by atoms with Gasteiger partial charge in [0.25, 0.3) is 0 Å². The molecule has 1 aliphatic rings. The lowest BCUT2D eigenvalue weighted by molar-refractivity contribution is -0.145. The average Bonchev–Trinajstić information content (AvgIpc) is 3.40. The van der Waals surface area contributed by atoms with E-state index in [-0.39, 0.29) is 11.8 Å². The van der Waals surface area contributed by atoms with Crippen molar-refractivity contribution in [1.82, 2.24) is 9.97 Å². The number of fused-ring (bicyclic) bond motifs is 4. The van der Waals surface area contributed by atoms with E-state index in [0.717, 1.165) is 68.2 Å². The molecule has 178 valence electrons. The number of hydrogen-bond acceptors (Lipinski definition) is 3. The molecule has 0 N–H and O–H groups in total. The minimum atomic E-state index is -4.14. The van der Waals surface area contributed by atoms with E-state index in [2.05, 4.69) is 17.1 Å². The lowest BCUT2D eigenvalue weighted by atomic mass is 9.84. The summed E-state index contributed by atoms with van der Waals surface area (Å²) in [5.41, 5.74) is 6.76. The molecule has 3 heterocycles. The van der Waals surface area contributed by atoms with Crippen LogP contribution in [-0.2, 0) is 0 Å². The third-order valence-electron chi connectivity index (χ3n) is 7.32. The highest BCUT2D eigenvalue weighted by Crippen LogP contribution is 2.47. The summed E-state index contributed by atoms with van der Waals surface area (Å²) in [5.74, 6) is -0.466. The molecule has 2 unspecified atom stereocenters. The van der Waals surface area contributed by atoms with Crippen LogP contribution in [0.15, 0.2) is 59.0 Å². The van der Waals surface area contributed by atoms with E-state index in [1.165, 1.54) is 0 Å². The number of pyridine rings is 2. The number of aromatic nitrogens is 2. The van der Waals surface area contributed by atoms with Crippen molar-refractivity contribution < 1.29 is 17.6 Å². The van der Waals surface area contributed by atoms with Crippen molar-refractivity contribution in [2.45, 2.75) is 51.6 Å². The lowest BCUT2D eigenvalue weighted by Crippen LogP contribution is -2.17. The Kier molecular flexibility index (Phi) is 5.09. The van der Waals surface area contributed by atoms with Crippen LogP contribution in [0.25, 0.3) is 44.2 Å². The van der Waals surface area contributed by atoms with Crippen LogP contribution in [0.3, 0.4) is 0 Å². The summed E-state index contributed by atoms with van der Waals surface area (Å²) in [6.07, 6.45) is -2.63. The van der Waals surface area contributed by atoms with E-state index in [4.69, 9.17) is 9.40 Å². The van der Waals surface area contributed by atoms with Crippen LogP contribution >= 0.6 is 0 Å². The molecule has 0 aliphatic heterocycles. The maximum absolute atomic E-state index is 13.2. The smallest absolute Gasteiger partial charge is 0.389 e. The zero-order chi connectivity index (χ0) is 24.3. The van der Waals surface area contributed by atoms with Gasteiger partial charge >= 0.3 is 6.18 Å². The normalized spacial score (nSPS) is 18.8. The Balaban J connectivity index is 1.47. The molecule has 1 fully saturated rings. The third-order valence-corrected chi connectivity index (χ3v) is 7.32. The number of rotatable bonds is 3. The first kappa shape index (κ1) is 22.1. The standard InChI is InChI=1S/C29H25F3N2O/c1-16-13-23-22-10-9-17(2)33-28(22)35-27(23)24(14-16)26-12-11-21-20(7-4-8-25(21)34-26)19-6-3-5-18(19)15-29(30,31)32/h4,7-14,18-19H,3,5-6,15H2,1-2H3. The van der Waals surface area contributed by atoms with Gasteiger partial charge in [-0.05, 0) is 86.1 Å². The Hall–Kier alpha value is -3.41. The molecule has 6 rings (SSSR count). The van der Waals surface area contributed by atoms with Crippen LogP contribution in [0.1, 0.15) is 48.4 Å². The van der Waals surface area contributed by atoms with Gasteiger partial charge in [0.1, 0.15) is 5.58 Å². The monoisotopic (exact) mass is 474 g/mol. The molecule has 0 amide bonds. The highest BCUT2D eigenvalue weighted by atomic mass is 19.4. The first-order valence-electron chi connectivity index (χ1n) is 12.0. The fourth-order valence-corrected chi connectivity index (χ4v) is 5.83. The van der Waals surface area contributed by atoms with E-state index in [9.17, 15) is 13.2 Å². The molecule has 0 bridgehead atoms. The second-order valence-corrected chi connectivity index (χ2v) is 9.82. The molecule has 3 nitrogen and oxygen atoms in total. The van der Waals surface area contributed by atoms with Crippen molar-refractivity contribution in [3.8, 4) is 11.3 Å². The Bertz CT molecular complexity index is 1580. The molecule has 0 saturated heterocycles. The molecule has 0 spiro atoms. The van der Waals surface area contributed by atoms with Gasteiger partial charge in [-0.1, -0.05) is 24.6 Å². The van der Waals surface area contributed by atoms with Gasteiger partial charge in [-0.15, -0.1) is 0 Å². The van der Waals surface area contributed by atoms with Crippen LogP contribution in [0.2, 0.25) is 0 Å². The van der Waals surface area contributed by atoms with Gasteiger partial charge < -0.3 is 4.42 Å². The first-order chi connectivity index (χ1) is 16.8. The number of aryl methyl sites for hydroxylation is 2. The van der Waals surface area contributed by atoms with E-state index in [1.54, 1.807) is 0 Å².